The van der Waals surface area contributed by atoms with Crippen LogP contribution in [0.25, 0.3) is 10.2 Å². The van der Waals surface area contributed by atoms with E-state index in [4.69, 9.17) is 19.2 Å². The summed E-state index contributed by atoms with van der Waals surface area (Å²) in [5.41, 5.74) is 0.870. The van der Waals surface area contributed by atoms with Gasteiger partial charge in [0.05, 0.1) is 28.6 Å². The lowest BCUT2D eigenvalue weighted by atomic mass is 10.1. The number of benzene rings is 1. The summed E-state index contributed by atoms with van der Waals surface area (Å²) in [5.74, 6) is 0.547. The van der Waals surface area contributed by atoms with Gasteiger partial charge >= 0.3 is 5.97 Å². The Kier molecular flexibility index (Phi) is 5.09. The van der Waals surface area contributed by atoms with Crippen LogP contribution in [-0.2, 0) is 17.7 Å². The molecule has 1 N–H and O–H groups in total. The maximum atomic E-state index is 13.2. The number of aromatic nitrogens is 2. The highest BCUT2D eigenvalue weighted by molar-refractivity contribution is 7.20. The molecule has 10 heteroatoms. The molecule has 32 heavy (non-hydrogen) atoms. The number of amides is 1. The van der Waals surface area contributed by atoms with Crippen molar-refractivity contribution in [2.24, 2.45) is 0 Å². The molecule has 4 heterocycles. The summed E-state index contributed by atoms with van der Waals surface area (Å²) in [7, 11) is 1.26. The molecular formula is C22H21N3O6S. The Bertz CT molecular complexity index is 1330. The number of rotatable bonds is 3. The van der Waals surface area contributed by atoms with Crippen LogP contribution in [0, 0.1) is 6.92 Å². The molecule has 2 aromatic heterocycles. The first-order valence-electron chi connectivity index (χ1n) is 10.3. The van der Waals surface area contributed by atoms with E-state index in [9.17, 15) is 14.4 Å². The van der Waals surface area contributed by atoms with Gasteiger partial charge in [-0.2, -0.15) is 0 Å². The van der Waals surface area contributed by atoms with E-state index < -0.39 is 11.9 Å². The summed E-state index contributed by atoms with van der Waals surface area (Å²) in [5, 5.41) is 3.25. The second kappa shape index (κ2) is 7.94. The van der Waals surface area contributed by atoms with Gasteiger partial charge < -0.3 is 19.5 Å². The average Bonchev–Trinajstić information content (AvgIpc) is 3.28. The number of thiophene rings is 1. The Balaban J connectivity index is 1.55. The minimum Gasteiger partial charge on any atom is -0.465 e. The normalized spacial score (nSPS) is 14.7. The molecule has 0 saturated heterocycles. The summed E-state index contributed by atoms with van der Waals surface area (Å²) in [6.07, 6.45) is 3.76. The first kappa shape index (κ1) is 20.5. The maximum Gasteiger partial charge on any atom is 0.340 e. The van der Waals surface area contributed by atoms with Crippen molar-refractivity contribution < 1.29 is 23.8 Å². The van der Waals surface area contributed by atoms with Crippen molar-refractivity contribution in [2.75, 3.05) is 19.2 Å². The average molecular weight is 455 g/mol. The second-order valence-corrected chi connectivity index (χ2v) is 8.73. The number of hydrogen-bond acceptors (Lipinski definition) is 8. The van der Waals surface area contributed by atoms with Crippen LogP contribution in [0.5, 0.6) is 11.5 Å². The molecule has 0 unspecified atom stereocenters. The van der Waals surface area contributed by atoms with E-state index in [1.165, 1.54) is 30.6 Å². The summed E-state index contributed by atoms with van der Waals surface area (Å²) in [6, 6.07) is 3.01. The van der Waals surface area contributed by atoms with E-state index in [1.807, 2.05) is 0 Å². The molecule has 3 aromatic rings. The van der Waals surface area contributed by atoms with Gasteiger partial charge in [0, 0.05) is 25.1 Å². The Hall–Kier alpha value is -3.40. The molecule has 9 nitrogen and oxygen atoms in total. The van der Waals surface area contributed by atoms with Crippen LogP contribution < -0.4 is 20.3 Å². The zero-order valence-corrected chi connectivity index (χ0v) is 18.5. The van der Waals surface area contributed by atoms with Crippen LogP contribution in [-0.4, -0.2) is 35.3 Å². The van der Waals surface area contributed by atoms with E-state index in [-0.39, 0.29) is 23.6 Å². The second-order valence-electron chi connectivity index (χ2n) is 7.73. The van der Waals surface area contributed by atoms with Crippen LogP contribution in [0.4, 0.5) is 5.69 Å². The SMILES string of the molecule is COC(=O)c1cc2c(cc1NC(=O)c1sc3nc4n(c(=O)c3c1C)CCCCC4)OCO2. The van der Waals surface area contributed by atoms with Gasteiger partial charge in [0.25, 0.3) is 11.5 Å². The third-order valence-corrected chi connectivity index (χ3v) is 6.97. The molecule has 0 bridgehead atoms. The van der Waals surface area contributed by atoms with Gasteiger partial charge in [0.15, 0.2) is 11.5 Å². The molecule has 1 amide bonds. The van der Waals surface area contributed by atoms with E-state index in [2.05, 4.69) is 5.32 Å². The molecule has 0 spiro atoms. The van der Waals surface area contributed by atoms with Gasteiger partial charge in [-0.25, -0.2) is 9.78 Å². The van der Waals surface area contributed by atoms with Crippen molar-refractivity contribution in [1.29, 1.82) is 0 Å². The van der Waals surface area contributed by atoms with Crippen molar-refractivity contribution in [1.82, 2.24) is 9.55 Å². The molecule has 5 rings (SSSR count). The fourth-order valence-electron chi connectivity index (χ4n) is 4.13. The third-order valence-electron chi connectivity index (χ3n) is 5.78. The summed E-state index contributed by atoms with van der Waals surface area (Å²) in [6.45, 7) is 2.43. The molecule has 166 valence electrons. The van der Waals surface area contributed by atoms with Crippen molar-refractivity contribution in [3.05, 3.63) is 44.3 Å². The lowest BCUT2D eigenvalue weighted by Gasteiger charge is -2.11. The molecule has 1 aromatic carbocycles. The number of methoxy groups -OCH3 is 1. The Morgan fingerprint density at radius 1 is 1.19 bits per heavy atom. The van der Waals surface area contributed by atoms with Crippen LogP contribution in [0.2, 0.25) is 0 Å². The van der Waals surface area contributed by atoms with Gasteiger partial charge in [-0.15, -0.1) is 11.3 Å². The molecule has 0 atom stereocenters. The largest absolute Gasteiger partial charge is 0.465 e. The molecule has 0 radical (unpaired) electrons. The van der Waals surface area contributed by atoms with E-state index in [0.29, 0.717) is 38.7 Å². The monoisotopic (exact) mass is 455 g/mol. The zero-order chi connectivity index (χ0) is 22.4. The topological polar surface area (TPSA) is 109 Å². The maximum absolute atomic E-state index is 13.2. The van der Waals surface area contributed by atoms with Crippen molar-refractivity contribution in [3.63, 3.8) is 0 Å². The highest BCUT2D eigenvalue weighted by Crippen LogP contribution is 2.38. The number of nitrogens with one attached hydrogen (secondary N) is 1. The lowest BCUT2D eigenvalue weighted by molar-refractivity contribution is 0.0601. The Labute approximate surface area is 186 Å². The number of aryl methyl sites for hydroxylation is 2. The minimum atomic E-state index is -0.615. The lowest BCUT2D eigenvalue weighted by Crippen LogP contribution is -2.24. The number of anilines is 1. The molecule has 2 aliphatic rings. The zero-order valence-electron chi connectivity index (χ0n) is 17.6. The molecule has 0 saturated carbocycles. The highest BCUT2D eigenvalue weighted by Gasteiger charge is 2.26. The van der Waals surface area contributed by atoms with Crippen LogP contribution in [0.1, 0.15) is 50.7 Å². The van der Waals surface area contributed by atoms with Crippen molar-refractivity contribution in [3.8, 4) is 11.5 Å². The van der Waals surface area contributed by atoms with E-state index in [1.54, 1.807) is 11.5 Å². The van der Waals surface area contributed by atoms with E-state index in [0.717, 1.165) is 31.5 Å². The van der Waals surface area contributed by atoms with Gasteiger partial charge in [-0.1, -0.05) is 6.42 Å². The quantitative estimate of drug-likeness (QED) is 0.604. The standard InChI is InChI=1S/C22H21N3O6S/c1-11-17-20(24-16-6-4-3-5-7-25(16)21(17)27)32-18(11)19(26)23-13-9-15-14(30-10-31-15)8-12(13)22(28)29-2/h8-9H,3-7,10H2,1-2H3,(H,23,26). The first-order valence-corrected chi connectivity index (χ1v) is 11.2. The smallest absolute Gasteiger partial charge is 0.340 e. The summed E-state index contributed by atoms with van der Waals surface area (Å²) in [4.78, 5) is 44.2. The molecule has 0 fully saturated rings. The molecule has 0 aliphatic carbocycles. The summed E-state index contributed by atoms with van der Waals surface area (Å²) < 4.78 is 17.3. The van der Waals surface area contributed by atoms with Crippen LogP contribution >= 0.6 is 11.3 Å². The minimum absolute atomic E-state index is 0.0308. The third kappa shape index (κ3) is 3.31. The van der Waals surface area contributed by atoms with Crippen LogP contribution in [0.15, 0.2) is 16.9 Å². The van der Waals surface area contributed by atoms with Gasteiger partial charge in [-0.3, -0.25) is 14.2 Å². The fourth-order valence-corrected chi connectivity index (χ4v) is 5.22. The van der Waals surface area contributed by atoms with Gasteiger partial charge in [0.1, 0.15) is 10.7 Å². The predicted molar refractivity (Wildman–Crippen MR) is 118 cm³/mol. The fraction of sp³-hybridized carbons (Fsp3) is 0.364. The van der Waals surface area contributed by atoms with Gasteiger partial charge in [0.2, 0.25) is 6.79 Å². The number of nitrogens with zero attached hydrogens (tertiary/aromatic N) is 2. The number of fused-ring (bicyclic) bond motifs is 3. The number of ether oxygens (including phenoxy) is 3. The molecular weight excluding hydrogens is 434 g/mol. The van der Waals surface area contributed by atoms with Crippen molar-refractivity contribution >= 4 is 39.1 Å². The van der Waals surface area contributed by atoms with Crippen molar-refractivity contribution in [2.45, 2.75) is 39.2 Å². The predicted octanol–water partition coefficient (Wildman–Crippen LogP) is 3.26. The van der Waals surface area contributed by atoms with E-state index >= 15 is 0 Å². The Morgan fingerprint density at radius 2 is 1.97 bits per heavy atom. The number of carbonyl (C=O) groups is 2. The Morgan fingerprint density at radius 3 is 2.75 bits per heavy atom. The summed E-state index contributed by atoms with van der Waals surface area (Å²) >= 11 is 1.18. The number of esters is 1. The van der Waals surface area contributed by atoms with Gasteiger partial charge in [-0.05, 0) is 25.3 Å². The molecule has 2 aliphatic heterocycles. The number of carbonyl (C=O) groups excluding carboxylic acids is 2. The number of hydrogen-bond donors (Lipinski definition) is 1. The van der Waals surface area contributed by atoms with Crippen LogP contribution in [0.3, 0.4) is 0 Å². The first-order chi connectivity index (χ1) is 15.5. The highest BCUT2D eigenvalue weighted by atomic mass is 32.1.